The van der Waals surface area contributed by atoms with Gasteiger partial charge in [0.25, 0.3) is 0 Å². The molecular formula is C16H17BrClNO. The summed E-state index contributed by atoms with van der Waals surface area (Å²) < 4.78 is 6.39. The van der Waals surface area contributed by atoms with E-state index in [2.05, 4.69) is 28.9 Å². The van der Waals surface area contributed by atoms with Gasteiger partial charge < -0.3 is 10.5 Å². The minimum Gasteiger partial charge on any atom is -0.496 e. The van der Waals surface area contributed by atoms with Crippen LogP contribution in [0.5, 0.6) is 5.75 Å². The number of hydrogen-bond donors (Lipinski definition) is 1. The SMILES string of the molecule is COc1cc(C)cc(C)c1C(N)c1ccc(Cl)cc1Br. The molecule has 1 atom stereocenters. The van der Waals surface area contributed by atoms with Crippen molar-refractivity contribution < 1.29 is 4.74 Å². The van der Waals surface area contributed by atoms with Crippen LogP contribution in [0.25, 0.3) is 0 Å². The van der Waals surface area contributed by atoms with Crippen molar-refractivity contribution >= 4 is 27.5 Å². The Morgan fingerprint density at radius 1 is 1.20 bits per heavy atom. The third-order valence-electron chi connectivity index (χ3n) is 3.32. The minimum absolute atomic E-state index is 0.266. The number of aryl methyl sites for hydroxylation is 2. The smallest absolute Gasteiger partial charge is 0.124 e. The van der Waals surface area contributed by atoms with Crippen LogP contribution in [0.2, 0.25) is 5.02 Å². The first kappa shape index (κ1) is 15.4. The number of hydrogen-bond acceptors (Lipinski definition) is 2. The number of methoxy groups -OCH3 is 1. The molecule has 0 radical (unpaired) electrons. The molecule has 0 aliphatic rings. The molecule has 0 bridgehead atoms. The van der Waals surface area contributed by atoms with Crippen LogP contribution in [0.15, 0.2) is 34.8 Å². The first-order valence-electron chi connectivity index (χ1n) is 6.29. The van der Waals surface area contributed by atoms with Crippen molar-refractivity contribution in [3.05, 3.63) is 62.1 Å². The summed E-state index contributed by atoms with van der Waals surface area (Å²) >= 11 is 9.51. The molecule has 0 saturated carbocycles. The summed E-state index contributed by atoms with van der Waals surface area (Å²) in [7, 11) is 1.67. The van der Waals surface area contributed by atoms with Gasteiger partial charge in [0.1, 0.15) is 5.75 Å². The van der Waals surface area contributed by atoms with Gasteiger partial charge in [-0.25, -0.2) is 0 Å². The topological polar surface area (TPSA) is 35.2 Å². The standard InChI is InChI=1S/C16H17BrClNO/c1-9-6-10(2)15(14(7-9)20-3)16(19)12-5-4-11(18)8-13(12)17/h4-8,16H,19H2,1-3H3. The van der Waals surface area contributed by atoms with Crippen LogP contribution in [0.1, 0.15) is 28.3 Å². The number of nitrogens with two attached hydrogens (primary N) is 1. The summed E-state index contributed by atoms with van der Waals surface area (Å²) in [4.78, 5) is 0. The molecular weight excluding hydrogens is 338 g/mol. The Hall–Kier alpha value is -1.03. The fourth-order valence-corrected chi connectivity index (χ4v) is 3.35. The van der Waals surface area contributed by atoms with E-state index in [1.54, 1.807) is 7.11 Å². The van der Waals surface area contributed by atoms with Crippen LogP contribution >= 0.6 is 27.5 Å². The Morgan fingerprint density at radius 3 is 2.50 bits per heavy atom. The van der Waals surface area contributed by atoms with Gasteiger partial charge in [-0.1, -0.05) is 39.7 Å². The third kappa shape index (κ3) is 3.00. The van der Waals surface area contributed by atoms with E-state index in [9.17, 15) is 0 Å². The van der Waals surface area contributed by atoms with Crippen molar-refractivity contribution in [2.24, 2.45) is 5.73 Å². The molecule has 106 valence electrons. The minimum atomic E-state index is -0.266. The normalized spacial score (nSPS) is 12.3. The Labute approximate surface area is 133 Å². The number of rotatable bonds is 3. The van der Waals surface area contributed by atoms with Crippen LogP contribution in [0, 0.1) is 13.8 Å². The molecule has 0 aliphatic heterocycles. The van der Waals surface area contributed by atoms with Crippen LogP contribution in [0.4, 0.5) is 0 Å². The summed E-state index contributed by atoms with van der Waals surface area (Å²) in [6.07, 6.45) is 0. The van der Waals surface area contributed by atoms with E-state index in [1.165, 1.54) is 0 Å². The van der Waals surface area contributed by atoms with Crippen LogP contribution in [-0.4, -0.2) is 7.11 Å². The molecule has 1 unspecified atom stereocenters. The molecule has 2 aromatic carbocycles. The van der Waals surface area contributed by atoms with E-state index in [-0.39, 0.29) is 6.04 Å². The van der Waals surface area contributed by atoms with Gasteiger partial charge in [0, 0.05) is 15.1 Å². The highest BCUT2D eigenvalue weighted by Crippen LogP contribution is 2.36. The summed E-state index contributed by atoms with van der Waals surface area (Å²) in [6, 6.07) is 9.49. The lowest BCUT2D eigenvalue weighted by molar-refractivity contribution is 0.407. The molecule has 4 heteroatoms. The van der Waals surface area contributed by atoms with Gasteiger partial charge in [-0.3, -0.25) is 0 Å². The van der Waals surface area contributed by atoms with Crippen LogP contribution in [0.3, 0.4) is 0 Å². The summed E-state index contributed by atoms with van der Waals surface area (Å²) in [5.41, 5.74) is 10.7. The van der Waals surface area contributed by atoms with Gasteiger partial charge in [-0.15, -0.1) is 0 Å². The fraction of sp³-hybridized carbons (Fsp3) is 0.250. The molecule has 2 nitrogen and oxygen atoms in total. The molecule has 0 fully saturated rings. The van der Waals surface area contributed by atoms with Crippen LogP contribution < -0.4 is 10.5 Å². The van der Waals surface area contributed by atoms with E-state index < -0.39 is 0 Å². The van der Waals surface area contributed by atoms with E-state index in [0.717, 1.165) is 32.5 Å². The van der Waals surface area contributed by atoms with Gasteiger partial charge in [-0.2, -0.15) is 0 Å². The van der Waals surface area contributed by atoms with Gasteiger partial charge in [0.2, 0.25) is 0 Å². The molecule has 0 heterocycles. The van der Waals surface area contributed by atoms with Gasteiger partial charge in [-0.05, 0) is 48.7 Å². The highest BCUT2D eigenvalue weighted by atomic mass is 79.9. The van der Waals surface area contributed by atoms with E-state index in [1.807, 2.05) is 31.2 Å². The third-order valence-corrected chi connectivity index (χ3v) is 4.24. The molecule has 2 rings (SSSR count). The number of halogens is 2. The van der Waals surface area contributed by atoms with Crippen molar-refractivity contribution in [1.29, 1.82) is 0 Å². The fourth-order valence-electron chi connectivity index (χ4n) is 2.42. The number of ether oxygens (including phenoxy) is 1. The van der Waals surface area contributed by atoms with E-state index >= 15 is 0 Å². The molecule has 0 saturated heterocycles. The molecule has 20 heavy (non-hydrogen) atoms. The molecule has 0 aliphatic carbocycles. The highest BCUT2D eigenvalue weighted by Gasteiger charge is 2.19. The Morgan fingerprint density at radius 2 is 1.90 bits per heavy atom. The average molecular weight is 355 g/mol. The summed E-state index contributed by atoms with van der Waals surface area (Å²) in [5, 5.41) is 0.681. The second kappa shape index (κ2) is 6.17. The van der Waals surface area contributed by atoms with Crippen molar-refractivity contribution in [2.75, 3.05) is 7.11 Å². The lowest BCUT2D eigenvalue weighted by atomic mass is 9.93. The second-order valence-electron chi connectivity index (χ2n) is 4.84. The average Bonchev–Trinajstić information content (AvgIpc) is 2.37. The zero-order valence-electron chi connectivity index (χ0n) is 11.7. The first-order valence-corrected chi connectivity index (χ1v) is 7.46. The maximum absolute atomic E-state index is 6.44. The Bertz CT molecular complexity index is 643. The molecule has 0 amide bonds. The largest absolute Gasteiger partial charge is 0.496 e. The monoisotopic (exact) mass is 353 g/mol. The second-order valence-corrected chi connectivity index (χ2v) is 6.13. The predicted molar refractivity (Wildman–Crippen MR) is 87.7 cm³/mol. The van der Waals surface area contributed by atoms with E-state index in [0.29, 0.717) is 5.02 Å². The van der Waals surface area contributed by atoms with Gasteiger partial charge >= 0.3 is 0 Å². The van der Waals surface area contributed by atoms with Crippen molar-refractivity contribution in [3.8, 4) is 5.75 Å². The zero-order valence-corrected chi connectivity index (χ0v) is 14.0. The van der Waals surface area contributed by atoms with Crippen molar-refractivity contribution in [2.45, 2.75) is 19.9 Å². The van der Waals surface area contributed by atoms with Gasteiger partial charge in [0.15, 0.2) is 0 Å². The number of benzene rings is 2. The van der Waals surface area contributed by atoms with Crippen molar-refractivity contribution in [1.82, 2.24) is 0 Å². The first-order chi connectivity index (χ1) is 9.43. The molecule has 0 aromatic heterocycles. The maximum Gasteiger partial charge on any atom is 0.124 e. The maximum atomic E-state index is 6.44. The Balaban J connectivity index is 2.55. The quantitative estimate of drug-likeness (QED) is 0.861. The zero-order chi connectivity index (χ0) is 14.9. The Kier molecular flexibility index (Phi) is 4.74. The predicted octanol–water partition coefficient (Wildman–Crippen LogP) is 4.78. The summed E-state index contributed by atoms with van der Waals surface area (Å²) in [6.45, 7) is 4.09. The molecule has 2 N–H and O–H groups in total. The lowest BCUT2D eigenvalue weighted by Crippen LogP contribution is -2.15. The molecule has 2 aromatic rings. The van der Waals surface area contributed by atoms with Crippen LogP contribution in [-0.2, 0) is 0 Å². The highest BCUT2D eigenvalue weighted by molar-refractivity contribution is 9.10. The summed E-state index contributed by atoms with van der Waals surface area (Å²) in [5.74, 6) is 0.817. The van der Waals surface area contributed by atoms with E-state index in [4.69, 9.17) is 22.1 Å². The van der Waals surface area contributed by atoms with Gasteiger partial charge in [0.05, 0.1) is 13.2 Å². The lowest BCUT2D eigenvalue weighted by Gasteiger charge is -2.20. The van der Waals surface area contributed by atoms with Crippen molar-refractivity contribution in [3.63, 3.8) is 0 Å². The molecule has 0 spiro atoms.